The molecule has 1 aliphatic carbocycles. The third-order valence-corrected chi connectivity index (χ3v) is 8.59. The van der Waals surface area contributed by atoms with Crippen molar-refractivity contribution in [1.29, 1.82) is 0 Å². The van der Waals surface area contributed by atoms with Crippen LogP contribution >= 0.6 is 23.2 Å². The lowest BCUT2D eigenvalue weighted by Crippen LogP contribution is -2.56. The predicted octanol–water partition coefficient (Wildman–Crippen LogP) is 3.24. The minimum Gasteiger partial charge on any atom is -0.349 e. The first-order valence-corrected chi connectivity index (χ1v) is 11.7. The van der Waals surface area contributed by atoms with Crippen LogP contribution in [0.1, 0.15) is 42.5 Å². The fourth-order valence-electron chi connectivity index (χ4n) is 4.40. The van der Waals surface area contributed by atoms with E-state index in [9.17, 15) is 13.2 Å². The second-order valence-corrected chi connectivity index (χ2v) is 10.8. The highest BCUT2D eigenvalue weighted by molar-refractivity contribution is 7.89. The van der Waals surface area contributed by atoms with Gasteiger partial charge in [0.15, 0.2) is 0 Å². The first-order chi connectivity index (χ1) is 13.1. The molecule has 9 heteroatoms. The van der Waals surface area contributed by atoms with Crippen LogP contribution in [0.5, 0.6) is 0 Å². The molecule has 1 amide bonds. The zero-order chi connectivity index (χ0) is 20.6. The Morgan fingerprint density at radius 2 is 1.82 bits per heavy atom. The molecule has 1 saturated carbocycles. The van der Waals surface area contributed by atoms with Gasteiger partial charge in [-0.25, -0.2) is 12.7 Å². The van der Waals surface area contributed by atoms with Crippen molar-refractivity contribution in [1.82, 2.24) is 14.5 Å². The first-order valence-electron chi connectivity index (χ1n) is 9.55. The van der Waals surface area contributed by atoms with E-state index in [-0.39, 0.29) is 32.5 Å². The summed E-state index contributed by atoms with van der Waals surface area (Å²) in [7, 11) is 1.20. The molecule has 156 valence electrons. The van der Waals surface area contributed by atoms with E-state index in [1.165, 1.54) is 39.1 Å². The number of halogens is 2. The molecule has 28 heavy (non-hydrogen) atoms. The molecule has 1 aromatic carbocycles. The smallest absolute Gasteiger partial charge is 0.253 e. The second kappa shape index (κ2) is 8.48. The van der Waals surface area contributed by atoms with Gasteiger partial charge in [0.2, 0.25) is 10.0 Å². The highest BCUT2D eigenvalue weighted by Gasteiger charge is 2.38. The number of amides is 1. The lowest BCUT2D eigenvalue weighted by Gasteiger charge is -2.46. The van der Waals surface area contributed by atoms with Gasteiger partial charge >= 0.3 is 0 Å². The Kier molecular flexibility index (Phi) is 6.61. The van der Waals surface area contributed by atoms with Crippen molar-refractivity contribution in [3.63, 3.8) is 0 Å². The molecule has 3 atom stereocenters. The maximum absolute atomic E-state index is 13.0. The van der Waals surface area contributed by atoms with Crippen LogP contribution in [0.3, 0.4) is 0 Å². The zero-order valence-electron chi connectivity index (χ0n) is 16.4. The molecule has 6 nitrogen and oxygen atoms in total. The molecule has 1 aliphatic heterocycles. The van der Waals surface area contributed by atoms with Gasteiger partial charge in [-0.15, -0.1) is 0 Å². The number of rotatable bonds is 4. The Balaban J connectivity index is 1.86. The van der Waals surface area contributed by atoms with E-state index in [1.54, 1.807) is 0 Å². The summed E-state index contributed by atoms with van der Waals surface area (Å²) in [5.74, 6) is 0.0586. The molecular weight excluding hydrogens is 421 g/mol. The Morgan fingerprint density at radius 3 is 2.50 bits per heavy atom. The standard InChI is InChI=1S/C19H27Cl2N3O3S/c1-23(2)28(26,27)18-10-13(14(20)11-15(18)21)19(25)22-16-8-9-24(3)17-7-5-4-6-12(16)17/h10-12,16-17H,4-9H2,1-3H3,(H,22,25). The molecule has 1 saturated heterocycles. The summed E-state index contributed by atoms with van der Waals surface area (Å²) < 4.78 is 26.1. The van der Waals surface area contributed by atoms with E-state index in [0.717, 1.165) is 30.1 Å². The minimum atomic E-state index is -3.78. The fraction of sp³-hybridized carbons (Fsp3) is 0.632. The molecule has 1 heterocycles. The molecule has 0 bridgehead atoms. The number of sulfonamides is 1. The van der Waals surface area contributed by atoms with Gasteiger partial charge in [0.25, 0.3) is 5.91 Å². The molecule has 3 unspecified atom stereocenters. The van der Waals surface area contributed by atoms with E-state index < -0.39 is 10.0 Å². The molecule has 1 N–H and O–H groups in total. The van der Waals surface area contributed by atoms with Crippen molar-refractivity contribution in [2.75, 3.05) is 27.7 Å². The first kappa shape index (κ1) is 21.8. The number of carbonyl (C=O) groups is 1. The highest BCUT2D eigenvalue weighted by Crippen LogP contribution is 2.35. The lowest BCUT2D eigenvalue weighted by molar-refractivity contribution is 0.0505. The maximum atomic E-state index is 13.0. The number of piperidine rings is 1. The molecule has 1 aromatic rings. The number of hydrogen-bond donors (Lipinski definition) is 1. The third kappa shape index (κ3) is 4.19. The van der Waals surface area contributed by atoms with E-state index in [4.69, 9.17) is 23.2 Å². The van der Waals surface area contributed by atoms with Crippen LogP contribution in [-0.2, 0) is 10.0 Å². The summed E-state index contributed by atoms with van der Waals surface area (Å²) in [4.78, 5) is 15.3. The SMILES string of the molecule is CN1CCC(NC(=O)c2cc(S(=O)(=O)N(C)C)c(Cl)cc2Cl)C2CCCCC21. The Morgan fingerprint density at radius 1 is 1.14 bits per heavy atom. The van der Waals surface area contributed by atoms with Gasteiger partial charge in [-0.1, -0.05) is 36.0 Å². The number of carbonyl (C=O) groups excluding carboxylic acids is 1. The molecule has 0 spiro atoms. The summed E-state index contributed by atoms with van der Waals surface area (Å²) in [5, 5.41) is 3.27. The van der Waals surface area contributed by atoms with Gasteiger partial charge < -0.3 is 10.2 Å². The lowest BCUT2D eigenvalue weighted by atomic mass is 9.75. The van der Waals surface area contributed by atoms with Crippen molar-refractivity contribution >= 4 is 39.1 Å². The van der Waals surface area contributed by atoms with E-state index in [1.807, 2.05) is 0 Å². The summed E-state index contributed by atoms with van der Waals surface area (Å²) in [5.41, 5.74) is 0.137. The van der Waals surface area contributed by atoms with Gasteiger partial charge in [-0.2, -0.15) is 0 Å². The van der Waals surface area contributed by atoms with Crippen LogP contribution in [0.15, 0.2) is 17.0 Å². The van der Waals surface area contributed by atoms with Gasteiger partial charge in [-0.3, -0.25) is 4.79 Å². The van der Waals surface area contributed by atoms with E-state index in [2.05, 4.69) is 17.3 Å². The Hall–Kier alpha value is -0.860. The number of fused-ring (bicyclic) bond motifs is 1. The Labute approximate surface area is 177 Å². The monoisotopic (exact) mass is 447 g/mol. The molecule has 3 rings (SSSR count). The number of likely N-dealkylation sites (tertiary alicyclic amines) is 1. The van der Waals surface area contributed by atoms with Crippen LogP contribution in [0.4, 0.5) is 0 Å². The average Bonchev–Trinajstić information content (AvgIpc) is 2.63. The molecular formula is C19H27Cl2N3O3S. The summed E-state index contributed by atoms with van der Waals surface area (Å²) >= 11 is 12.3. The number of nitrogens with zero attached hydrogens (tertiary/aromatic N) is 2. The van der Waals surface area contributed by atoms with Gasteiger partial charge in [0.1, 0.15) is 4.90 Å². The topological polar surface area (TPSA) is 69.7 Å². The van der Waals surface area contributed by atoms with Crippen LogP contribution in [0, 0.1) is 5.92 Å². The van der Waals surface area contributed by atoms with Crippen molar-refractivity contribution in [3.8, 4) is 0 Å². The average molecular weight is 448 g/mol. The summed E-state index contributed by atoms with van der Waals surface area (Å²) in [6.45, 7) is 0.931. The quantitative estimate of drug-likeness (QED) is 0.768. The van der Waals surface area contributed by atoms with Crippen molar-refractivity contribution < 1.29 is 13.2 Å². The zero-order valence-corrected chi connectivity index (χ0v) is 18.7. The number of benzene rings is 1. The molecule has 2 aliphatic rings. The van der Waals surface area contributed by atoms with Crippen molar-refractivity contribution in [2.45, 2.75) is 49.1 Å². The Bertz CT molecular complexity index is 860. The maximum Gasteiger partial charge on any atom is 0.253 e. The third-order valence-electron chi connectivity index (χ3n) is 6.00. The van der Waals surface area contributed by atoms with E-state index >= 15 is 0 Å². The molecule has 2 fully saturated rings. The van der Waals surface area contributed by atoms with Crippen molar-refractivity contribution in [3.05, 3.63) is 27.7 Å². The van der Waals surface area contributed by atoms with Crippen LogP contribution in [0.2, 0.25) is 10.0 Å². The number of nitrogens with one attached hydrogen (secondary N) is 1. The number of hydrogen-bond acceptors (Lipinski definition) is 4. The fourth-order valence-corrected chi connectivity index (χ4v) is 6.13. The van der Waals surface area contributed by atoms with Gasteiger partial charge in [0, 0.05) is 32.7 Å². The van der Waals surface area contributed by atoms with E-state index in [0.29, 0.717) is 12.0 Å². The van der Waals surface area contributed by atoms with Crippen LogP contribution in [-0.4, -0.2) is 63.3 Å². The van der Waals surface area contributed by atoms with Crippen molar-refractivity contribution in [2.24, 2.45) is 5.92 Å². The van der Waals surface area contributed by atoms with Gasteiger partial charge in [0.05, 0.1) is 15.6 Å². The van der Waals surface area contributed by atoms with Crippen LogP contribution < -0.4 is 5.32 Å². The predicted molar refractivity (Wildman–Crippen MR) is 112 cm³/mol. The molecule has 0 aromatic heterocycles. The minimum absolute atomic E-state index is 0.00175. The summed E-state index contributed by atoms with van der Waals surface area (Å²) in [6, 6.07) is 3.16. The largest absolute Gasteiger partial charge is 0.349 e. The van der Waals surface area contributed by atoms with Crippen LogP contribution in [0.25, 0.3) is 0 Å². The van der Waals surface area contributed by atoms with Gasteiger partial charge in [-0.05, 0) is 44.4 Å². The molecule has 0 radical (unpaired) electrons. The second-order valence-electron chi connectivity index (χ2n) is 7.91. The normalized spacial score (nSPS) is 26.1. The highest BCUT2D eigenvalue weighted by atomic mass is 35.5. The summed E-state index contributed by atoms with van der Waals surface area (Å²) in [6.07, 6.45) is 5.52.